The minimum absolute atomic E-state index is 0.0207. The summed E-state index contributed by atoms with van der Waals surface area (Å²) in [6, 6.07) is 15.7. The Morgan fingerprint density at radius 3 is 2.64 bits per heavy atom. The van der Waals surface area contributed by atoms with E-state index in [1.165, 1.54) is 5.56 Å². The fraction of sp³-hybridized carbons (Fsp3) is 0.500. The molecule has 0 unspecified atom stereocenters. The molecule has 5 rings (SSSR count). The van der Waals surface area contributed by atoms with E-state index in [4.69, 9.17) is 9.47 Å². The number of rotatable bonds is 8. The van der Waals surface area contributed by atoms with Gasteiger partial charge in [-0.1, -0.05) is 43.2 Å². The largest absolute Gasteiger partial charge is 0.487 e. The molecule has 8 nitrogen and oxygen atoms in total. The predicted octanol–water partition coefficient (Wildman–Crippen LogP) is 3.49. The third-order valence-electron chi connectivity index (χ3n) is 7.44. The molecule has 2 aromatic rings. The first-order chi connectivity index (χ1) is 17.6. The molecule has 0 radical (unpaired) electrons. The molecular formula is C28H35N3O5. The van der Waals surface area contributed by atoms with Gasteiger partial charge in [0.15, 0.2) is 0 Å². The molecule has 3 amide bonds. The molecule has 1 saturated carbocycles. The number of ether oxygens (including phenoxy) is 2. The van der Waals surface area contributed by atoms with Gasteiger partial charge in [0.2, 0.25) is 5.91 Å². The van der Waals surface area contributed by atoms with Crippen molar-refractivity contribution in [2.24, 2.45) is 0 Å². The molecule has 0 bridgehead atoms. The lowest BCUT2D eigenvalue weighted by atomic mass is 9.84. The van der Waals surface area contributed by atoms with E-state index >= 15 is 0 Å². The molecule has 1 saturated heterocycles. The fourth-order valence-corrected chi connectivity index (χ4v) is 5.66. The second-order valence-electron chi connectivity index (χ2n) is 10.0. The smallest absolute Gasteiger partial charge is 0.319 e. The summed E-state index contributed by atoms with van der Waals surface area (Å²) in [7, 11) is 0. The van der Waals surface area contributed by atoms with Crippen LogP contribution in [0, 0.1) is 0 Å². The van der Waals surface area contributed by atoms with Crippen LogP contribution in [0.25, 0.3) is 0 Å². The molecule has 1 aliphatic carbocycles. The number of anilines is 1. The number of aliphatic hydroxyl groups is 1. The van der Waals surface area contributed by atoms with Gasteiger partial charge in [-0.25, -0.2) is 4.79 Å². The second-order valence-corrected chi connectivity index (χ2v) is 10.0. The van der Waals surface area contributed by atoms with E-state index in [0.29, 0.717) is 18.7 Å². The van der Waals surface area contributed by atoms with Gasteiger partial charge >= 0.3 is 6.03 Å². The summed E-state index contributed by atoms with van der Waals surface area (Å²) in [5.74, 6) is 0.652. The number of aliphatic hydroxyl groups excluding tert-OH is 1. The van der Waals surface area contributed by atoms with Gasteiger partial charge in [-0.15, -0.1) is 0 Å². The van der Waals surface area contributed by atoms with Gasteiger partial charge in [-0.3, -0.25) is 4.79 Å². The van der Waals surface area contributed by atoms with Crippen molar-refractivity contribution in [3.05, 3.63) is 59.7 Å². The van der Waals surface area contributed by atoms with Gasteiger partial charge in [0.05, 0.1) is 19.1 Å². The minimum atomic E-state index is -0.514. The number of carbonyl (C=O) groups excluding carboxylic acids is 2. The Morgan fingerprint density at radius 1 is 1.06 bits per heavy atom. The van der Waals surface area contributed by atoms with Gasteiger partial charge in [0.25, 0.3) is 0 Å². The Morgan fingerprint density at radius 2 is 1.86 bits per heavy atom. The molecule has 36 heavy (non-hydrogen) atoms. The lowest BCUT2D eigenvalue weighted by Crippen LogP contribution is -2.47. The number of nitrogens with one attached hydrogen (secondary N) is 3. The maximum Gasteiger partial charge on any atom is 0.319 e. The van der Waals surface area contributed by atoms with Crippen molar-refractivity contribution in [1.82, 2.24) is 10.6 Å². The third kappa shape index (κ3) is 5.82. The Labute approximate surface area is 211 Å². The van der Waals surface area contributed by atoms with Gasteiger partial charge < -0.3 is 30.5 Å². The van der Waals surface area contributed by atoms with Crippen LogP contribution in [0.5, 0.6) is 5.75 Å². The monoisotopic (exact) mass is 493 g/mol. The van der Waals surface area contributed by atoms with E-state index in [-0.39, 0.29) is 49.1 Å². The highest BCUT2D eigenvalue weighted by Crippen LogP contribution is 2.47. The lowest BCUT2D eigenvalue weighted by Gasteiger charge is -2.37. The molecule has 4 N–H and O–H groups in total. The summed E-state index contributed by atoms with van der Waals surface area (Å²) in [5.41, 5.74) is 2.86. The zero-order chi connectivity index (χ0) is 24.9. The normalized spacial score (nSPS) is 24.9. The van der Waals surface area contributed by atoms with Crippen LogP contribution in [0.1, 0.15) is 55.6 Å². The summed E-state index contributed by atoms with van der Waals surface area (Å²) in [6.45, 7) is 0.380. The first kappa shape index (κ1) is 24.6. The molecule has 2 heterocycles. The summed E-state index contributed by atoms with van der Waals surface area (Å²) < 4.78 is 12.2. The maximum atomic E-state index is 12.6. The second kappa shape index (κ2) is 11.3. The first-order valence-electron chi connectivity index (χ1n) is 13.0. The van der Waals surface area contributed by atoms with Crippen LogP contribution < -0.4 is 20.7 Å². The van der Waals surface area contributed by atoms with Crippen LogP contribution in [-0.4, -0.2) is 54.6 Å². The highest BCUT2D eigenvalue weighted by atomic mass is 16.6. The quantitative estimate of drug-likeness (QED) is 0.450. The molecule has 192 valence electrons. The van der Waals surface area contributed by atoms with Crippen LogP contribution in [0.3, 0.4) is 0 Å². The van der Waals surface area contributed by atoms with Crippen molar-refractivity contribution in [2.45, 2.75) is 75.2 Å². The Kier molecular flexibility index (Phi) is 7.72. The van der Waals surface area contributed by atoms with Gasteiger partial charge in [0.1, 0.15) is 18.0 Å². The first-order valence-corrected chi connectivity index (χ1v) is 13.0. The van der Waals surface area contributed by atoms with Crippen LogP contribution in [-0.2, 0) is 16.0 Å². The van der Waals surface area contributed by atoms with Crippen molar-refractivity contribution in [1.29, 1.82) is 0 Å². The molecule has 8 heteroatoms. The van der Waals surface area contributed by atoms with Crippen molar-refractivity contribution < 1.29 is 24.2 Å². The van der Waals surface area contributed by atoms with Gasteiger partial charge in [-0.05, 0) is 49.4 Å². The van der Waals surface area contributed by atoms with Crippen LogP contribution in [0.2, 0.25) is 0 Å². The molecule has 0 aromatic heterocycles. The summed E-state index contributed by atoms with van der Waals surface area (Å²) >= 11 is 0. The predicted molar refractivity (Wildman–Crippen MR) is 136 cm³/mol. The number of amides is 3. The number of benzene rings is 2. The van der Waals surface area contributed by atoms with E-state index in [1.807, 2.05) is 48.5 Å². The number of hydrogen-bond acceptors (Lipinski definition) is 5. The van der Waals surface area contributed by atoms with Gasteiger partial charge in [-0.2, -0.15) is 0 Å². The SMILES string of the molecule is O=C(C[C@H]1C[C@H]2c3cc(NC(=O)NC4CCCC4)ccc3O[C@H]2[C@@H](CO)O1)NCCc1ccccc1. The highest BCUT2D eigenvalue weighted by Gasteiger charge is 2.46. The van der Waals surface area contributed by atoms with E-state index in [0.717, 1.165) is 43.4 Å². The Bertz CT molecular complexity index is 1060. The molecule has 2 fully saturated rings. The zero-order valence-corrected chi connectivity index (χ0v) is 20.4. The topological polar surface area (TPSA) is 109 Å². The van der Waals surface area contributed by atoms with Crippen LogP contribution in [0.4, 0.5) is 10.5 Å². The van der Waals surface area contributed by atoms with Crippen molar-refractivity contribution in [3.8, 4) is 5.75 Å². The fourth-order valence-electron chi connectivity index (χ4n) is 5.66. The number of fused-ring (bicyclic) bond motifs is 3. The number of hydrogen-bond donors (Lipinski definition) is 4. The average molecular weight is 494 g/mol. The zero-order valence-electron chi connectivity index (χ0n) is 20.4. The van der Waals surface area contributed by atoms with Crippen LogP contribution >= 0.6 is 0 Å². The van der Waals surface area contributed by atoms with E-state index < -0.39 is 6.10 Å². The summed E-state index contributed by atoms with van der Waals surface area (Å²) in [4.78, 5) is 25.1. The third-order valence-corrected chi connectivity index (χ3v) is 7.44. The Hall–Kier alpha value is -3.10. The summed E-state index contributed by atoms with van der Waals surface area (Å²) in [6.07, 6.45) is 4.83. The van der Waals surface area contributed by atoms with Crippen molar-refractivity contribution in [3.63, 3.8) is 0 Å². The molecule has 2 aromatic carbocycles. The molecule has 4 atom stereocenters. The number of urea groups is 1. The molecule has 2 aliphatic heterocycles. The minimum Gasteiger partial charge on any atom is -0.487 e. The van der Waals surface area contributed by atoms with Crippen molar-refractivity contribution in [2.75, 3.05) is 18.5 Å². The summed E-state index contributed by atoms with van der Waals surface area (Å²) in [5, 5.41) is 19.0. The van der Waals surface area contributed by atoms with Crippen LogP contribution in [0.15, 0.2) is 48.5 Å². The maximum absolute atomic E-state index is 12.6. The lowest BCUT2D eigenvalue weighted by molar-refractivity contribution is -0.142. The van der Waals surface area contributed by atoms with Gasteiger partial charge in [0, 0.05) is 29.8 Å². The van der Waals surface area contributed by atoms with E-state index in [1.54, 1.807) is 0 Å². The molecule has 0 spiro atoms. The molecular weight excluding hydrogens is 458 g/mol. The average Bonchev–Trinajstić information content (AvgIpc) is 3.52. The Balaban J connectivity index is 1.19. The number of carbonyl (C=O) groups is 2. The highest BCUT2D eigenvalue weighted by molar-refractivity contribution is 5.89. The van der Waals surface area contributed by atoms with E-state index in [9.17, 15) is 14.7 Å². The van der Waals surface area contributed by atoms with E-state index in [2.05, 4.69) is 16.0 Å². The van der Waals surface area contributed by atoms with Crippen molar-refractivity contribution >= 4 is 17.6 Å². The standard InChI is InChI=1S/C28H35N3O5/c32-17-25-27-23(15-21(35-25)16-26(33)29-13-12-18-6-2-1-3-7-18)22-14-20(10-11-24(22)36-27)31-28(34)30-19-8-4-5-9-19/h1-3,6-7,10-11,14,19,21,23,25,27,32H,4-5,8-9,12-13,15-17H2,(H,29,33)(H2,30,31,34)/t21-,23+,25-,27-/m1/s1. The molecule has 3 aliphatic rings.